The van der Waals surface area contributed by atoms with Crippen LogP contribution in [-0.4, -0.2) is 15.2 Å². The molecule has 0 unspecified atom stereocenters. The number of nitrogens with one attached hydrogen (secondary N) is 1. The Hall–Kier alpha value is -1.16. The van der Waals surface area contributed by atoms with Crippen molar-refractivity contribution in [1.82, 2.24) is 4.98 Å². The average Bonchev–Trinajstić information content (AvgIpc) is 2.35. The van der Waals surface area contributed by atoms with E-state index < -0.39 is 0 Å². The number of rotatable bonds is 0. The summed E-state index contributed by atoms with van der Waals surface area (Å²) in [5, 5.41) is 19.2. The maximum Gasteiger partial charge on any atom is 0.159 e. The molecule has 1 heterocycles. The predicted octanol–water partition coefficient (Wildman–Crippen LogP) is 2.34. The van der Waals surface area contributed by atoms with Gasteiger partial charge in [0.1, 0.15) is 0 Å². The molecule has 0 aliphatic heterocycles. The molecule has 3 N–H and O–H groups in total. The maximum absolute atomic E-state index is 9.18. The Morgan fingerprint density at radius 1 is 1.17 bits per heavy atom. The summed E-state index contributed by atoms with van der Waals surface area (Å²) in [5.74, 6) is -0.223. The van der Waals surface area contributed by atoms with Crippen LogP contribution in [0.2, 0.25) is 0 Å². The molecule has 12 heavy (non-hydrogen) atoms. The maximum atomic E-state index is 9.18. The van der Waals surface area contributed by atoms with Crippen LogP contribution >= 0.6 is 15.9 Å². The van der Waals surface area contributed by atoms with Crippen molar-refractivity contribution in [3.8, 4) is 11.5 Å². The summed E-state index contributed by atoms with van der Waals surface area (Å²) < 4.78 is 0.868. The fourth-order valence-corrected chi connectivity index (χ4v) is 1.56. The van der Waals surface area contributed by atoms with E-state index in [2.05, 4.69) is 20.9 Å². The van der Waals surface area contributed by atoms with Gasteiger partial charge in [-0.3, -0.25) is 0 Å². The number of aromatic amines is 1. The molecule has 0 aliphatic carbocycles. The van der Waals surface area contributed by atoms with Gasteiger partial charge in [0.05, 0.1) is 5.52 Å². The molecule has 0 saturated carbocycles. The molecule has 2 rings (SSSR count). The van der Waals surface area contributed by atoms with E-state index in [1.165, 1.54) is 12.1 Å². The Labute approximate surface area is 76.8 Å². The van der Waals surface area contributed by atoms with Crippen LogP contribution in [0.1, 0.15) is 0 Å². The normalized spacial score (nSPS) is 10.8. The SMILES string of the molecule is Oc1cc2[nH]cc(Br)c2cc1O. The lowest BCUT2D eigenvalue weighted by atomic mass is 10.2. The predicted molar refractivity (Wildman–Crippen MR) is 49.3 cm³/mol. The second kappa shape index (κ2) is 2.42. The second-order valence-electron chi connectivity index (χ2n) is 2.52. The Balaban J connectivity index is 2.87. The number of halogens is 1. The molecule has 0 aliphatic rings. The van der Waals surface area contributed by atoms with E-state index in [0.717, 1.165) is 15.4 Å². The van der Waals surface area contributed by atoms with Gasteiger partial charge in [-0.15, -0.1) is 0 Å². The van der Waals surface area contributed by atoms with E-state index in [1.54, 1.807) is 6.20 Å². The van der Waals surface area contributed by atoms with Crippen molar-refractivity contribution in [2.45, 2.75) is 0 Å². The zero-order chi connectivity index (χ0) is 8.72. The van der Waals surface area contributed by atoms with Crippen molar-refractivity contribution in [2.24, 2.45) is 0 Å². The number of phenols is 2. The van der Waals surface area contributed by atoms with E-state index in [9.17, 15) is 5.11 Å². The fourth-order valence-electron chi connectivity index (χ4n) is 1.11. The van der Waals surface area contributed by atoms with Gasteiger partial charge < -0.3 is 15.2 Å². The smallest absolute Gasteiger partial charge is 0.159 e. The molecule has 0 radical (unpaired) electrons. The lowest BCUT2D eigenvalue weighted by Crippen LogP contribution is -1.70. The number of phenolic OH excluding ortho intramolecular Hbond substituents is 2. The summed E-state index contributed by atoms with van der Waals surface area (Å²) in [6.45, 7) is 0. The third kappa shape index (κ3) is 0.956. The van der Waals surface area contributed by atoms with Gasteiger partial charge >= 0.3 is 0 Å². The standard InChI is InChI=1S/C8H6BrNO2/c9-5-3-10-6-2-8(12)7(11)1-4(5)6/h1-3,10-12H. The molecule has 62 valence electrons. The minimum Gasteiger partial charge on any atom is -0.504 e. The lowest BCUT2D eigenvalue weighted by molar-refractivity contribution is 0.405. The number of hydrogen-bond donors (Lipinski definition) is 3. The first-order chi connectivity index (χ1) is 5.68. The molecular formula is C8H6BrNO2. The average molecular weight is 228 g/mol. The summed E-state index contributed by atoms with van der Waals surface area (Å²) in [7, 11) is 0. The van der Waals surface area contributed by atoms with E-state index >= 15 is 0 Å². The fraction of sp³-hybridized carbons (Fsp3) is 0. The van der Waals surface area contributed by atoms with Gasteiger partial charge in [-0.1, -0.05) is 0 Å². The zero-order valence-electron chi connectivity index (χ0n) is 6.00. The number of hydrogen-bond acceptors (Lipinski definition) is 2. The molecule has 0 saturated heterocycles. The Morgan fingerprint density at radius 3 is 2.58 bits per heavy atom. The van der Waals surface area contributed by atoms with Gasteiger partial charge in [-0.2, -0.15) is 0 Å². The van der Waals surface area contributed by atoms with Crippen LogP contribution in [0, 0.1) is 0 Å². The van der Waals surface area contributed by atoms with Crippen LogP contribution in [0.5, 0.6) is 11.5 Å². The molecule has 0 amide bonds. The van der Waals surface area contributed by atoms with Gasteiger partial charge in [0, 0.05) is 22.1 Å². The molecule has 0 bridgehead atoms. The van der Waals surface area contributed by atoms with Crippen molar-refractivity contribution in [3.05, 3.63) is 22.8 Å². The first kappa shape index (κ1) is 7.49. The minimum atomic E-state index is -0.114. The van der Waals surface area contributed by atoms with Crippen molar-refractivity contribution in [3.63, 3.8) is 0 Å². The highest BCUT2D eigenvalue weighted by Gasteiger charge is 2.05. The third-order valence-electron chi connectivity index (χ3n) is 1.73. The molecule has 1 aromatic heterocycles. The quantitative estimate of drug-likeness (QED) is 0.606. The largest absolute Gasteiger partial charge is 0.504 e. The Kier molecular flexibility index (Phi) is 1.51. The first-order valence-corrected chi connectivity index (χ1v) is 4.16. The molecule has 1 aromatic carbocycles. The van der Waals surface area contributed by atoms with E-state index in [4.69, 9.17) is 5.11 Å². The molecule has 0 atom stereocenters. The van der Waals surface area contributed by atoms with Crippen LogP contribution in [-0.2, 0) is 0 Å². The summed E-state index contributed by atoms with van der Waals surface area (Å²) in [5.41, 5.74) is 0.789. The summed E-state index contributed by atoms with van der Waals surface area (Å²) in [6.07, 6.45) is 1.75. The van der Waals surface area contributed by atoms with Crippen LogP contribution in [0.4, 0.5) is 0 Å². The van der Waals surface area contributed by atoms with Gasteiger partial charge in [0.15, 0.2) is 11.5 Å². The molecule has 0 spiro atoms. The molecule has 4 heteroatoms. The van der Waals surface area contributed by atoms with Gasteiger partial charge in [-0.25, -0.2) is 0 Å². The number of benzene rings is 1. The number of fused-ring (bicyclic) bond motifs is 1. The summed E-state index contributed by atoms with van der Waals surface area (Å²) in [4.78, 5) is 2.94. The van der Waals surface area contributed by atoms with Gasteiger partial charge in [0.25, 0.3) is 0 Å². The molecular weight excluding hydrogens is 222 g/mol. The van der Waals surface area contributed by atoms with Crippen LogP contribution in [0.3, 0.4) is 0 Å². The minimum absolute atomic E-state index is 0.109. The highest BCUT2D eigenvalue weighted by Crippen LogP contribution is 2.33. The Morgan fingerprint density at radius 2 is 1.83 bits per heavy atom. The van der Waals surface area contributed by atoms with E-state index in [0.29, 0.717) is 0 Å². The number of H-pyrrole nitrogens is 1. The van der Waals surface area contributed by atoms with Crippen molar-refractivity contribution in [1.29, 1.82) is 0 Å². The van der Waals surface area contributed by atoms with Crippen molar-refractivity contribution in [2.75, 3.05) is 0 Å². The monoisotopic (exact) mass is 227 g/mol. The molecule has 3 nitrogen and oxygen atoms in total. The van der Waals surface area contributed by atoms with E-state index in [-0.39, 0.29) is 11.5 Å². The second-order valence-corrected chi connectivity index (χ2v) is 3.38. The zero-order valence-corrected chi connectivity index (χ0v) is 7.59. The van der Waals surface area contributed by atoms with Crippen LogP contribution < -0.4 is 0 Å². The van der Waals surface area contributed by atoms with Crippen molar-refractivity contribution < 1.29 is 10.2 Å². The summed E-state index contributed by atoms with van der Waals surface area (Å²) in [6, 6.07) is 2.99. The Bertz CT molecular complexity index is 436. The first-order valence-electron chi connectivity index (χ1n) is 3.37. The summed E-state index contributed by atoms with van der Waals surface area (Å²) >= 11 is 3.30. The highest BCUT2D eigenvalue weighted by molar-refractivity contribution is 9.10. The van der Waals surface area contributed by atoms with Crippen molar-refractivity contribution >= 4 is 26.8 Å². The van der Waals surface area contributed by atoms with Gasteiger partial charge in [0.2, 0.25) is 0 Å². The van der Waals surface area contributed by atoms with Gasteiger partial charge in [-0.05, 0) is 22.0 Å². The molecule has 0 fully saturated rings. The van der Waals surface area contributed by atoms with Crippen LogP contribution in [0.25, 0.3) is 10.9 Å². The molecule has 2 aromatic rings. The lowest BCUT2D eigenvalue weighted by Gasteiger charge is -1.96. The van der Waals surface area contributed by atoms with Crippen LogP contribution in [0.15, 0.2) is 22.8 Å². The number of aromatic hydroxyl groups is 2. The third-order valence-corrected chi connectivity index (χ3v) is 2.38. The van der Waals surface area contributed by atoms with E-state index in [1.807, 2.05) is 0 Å². The number of aromatic nitrogens is 1. The highest BCUT2D eigenvalue weighted by atomic mass is 79.9. The topological polar surface area (TPSA) is 56.2 Å².